The molecule has 1 aromatic carbocycles. The molecular formula is C14H13N5O5S. The summed E-state index contributed by atoms with van der Waals surface area (Å²) in [7, 11) is -2.64. The van der Waals surface area contributed by atoms with Crippen molar-refractivity contribution in [1.82, 2.24) is 24.5 Å². The van der Waals surface area contributed by atoms with Crippen LogP contribution in [0.3, 0.4) is 0 Å². The fourth-order valence-electron chi connectivity index (χ4n) is 2.35. The van der Waals surface area contributed by atoms with Crippen molar-refractivity contribution >= 4 is 33.4 Å². The Hall–Kier alpha value is -3.08. The molecule has 2 heterocycles. The SMILES string of the molecule is CC(=O)OC1=C(c2nnn(C(C)=O)n2)N(C)S(=O)(=O)c2ccccc21. The van der Waals surface area contributed by atoms with Crippen LogP contribution in [0.5, 0.6) is 0 Å². The maximum Gasteiger partial charge on any atom is 0.308 e. The zero-order valence-corrected chi connectivity index (χ0v) is 14.3. The standard InChI is InChI=1S/C14H13N5O5S/c1-8(20)19-16-14(15-17-19)12-13(24-9(2)21)10-6-4-5-7-11(10)25(22,23)18(12)3/h4-7H,1-3H3. The Morgan fingerprint density at radius 3 is 2.44 bits per heavy atom. The quantitative estimate of drug-likeness (QED) is 0.700. The largest absolute Gasteiger partial charge is 0.424 e. The minimum absolute atomic E-state index is 0.0172. The van der Waals surface area contributed by atoms with Gasteiger partial charge in [0.05, 0.1) is 4.90 Å². The van der Waals surface area contributed by atoms with E-state index in [0.29, 0.717) is 4.80 Å². The molecule has 11 heteroatoms. The van der Waals surface area contributed by atoms with Crippen molar-refractivity contribution < 1.29 is 22.7 Å². The van der Waals surface area contributed by atoms with Gasteiger partial charge >= 0.3 is 5.97 Å². The summed E-state index contributed by atoms with van der Waals surface area (Å²) in [6.45, 7) is 2.42. The third-order valence-electron chi connectivity index (χ3n) is 3.45. The lowest BCUT2D eigenvalue weighted by molar-refractivity contribution is -0.134. The van der Waals surface area contributed by atoms with Gasteiger partial charge in [-0.2, -0.15) is 0 Å². The van der Waals surface area contributed by atoms with E-state index in [4.69, 9.17) is 4.74 Å². The molecule has 0 saturated carbocycles. The first-order valence-electron chi connectivity index (χ1n) is 7.06. The molecule has 0 radical (unpaired) electrons. The third kappa shape index (κ3) is 2.67. The maximum absolute atomic E-state index is 12.8. The van der Waals surface area contributed by atoms with Crippen molar-refractivity contribution in [3.63, 3.8) is 0 Å². The zero-order chi connectivity index (χ0) is 18.4. The zero-order valence-electron chi connectivity index (χ0n) is 13.5. The Balaban J connectivity index is 2.34. The van der Waals surface area contributed by atoms with E-state index < -0.39 is 21.9 Å². The van der Waals surface area contributed by atoms with Crippen LogP contribution in [0.25, 0.3) is 11.5 Å². The number of sulfonamides is 1. The number of carbonyl (C=O) groups excluding carboxylic acids is 2. The summed E-state index contributed by atoms with van der Waals surface area (Å²) in [6, 6.07) is 6.08. The van der Waals surface area contributed by atoms with Gasteiger partial charge in [0.1, 0.15) is 5.70 Å². The molecule has 0 spiro atoms. The summed E-state index contributed by atoms with van der Waals surface area (Å²) in [5.74, 6) is -1.33. The Bertz CT molecular complexity index is 1020. The number of benzene rings is 1. The van der Waals surface area contributed by atoms with Gasteiger partial charge in [-0.3, -0.25) is 13.9 Å². The number of carbonyl (C=O) groups is 2. The van der Waals surface area contributed by atoms with Crippen LogP contribution in [0.1, 0.15) is 30.0 Å². The lowest BCUT2D eigenvalue weighted by Crippen LogP contribution is -2.32. The number of esters is 1. The van der Waals surface area contributed by atoms with E-state index in [1.54, 1.807) is 12.1 Å². The van der Waals surface area contributed by atoms with Gasteiger partial charge in [0.25, 0.3) is 15.9 Å². The molecule has 0 saturated heterocycles. The number of aromatic nitrogens is 4. The highest BCUT2D eigenvalue weighted by Crippen LogP contribution is 2.39. The second-order valence-corrected chi connectivity index (χ2v) is 7.10. The molecule has 0 unspecified atom stereocenters. The molecule has 130 valence electrons. The highest BCUT2D eigenvalue weighted by atomic mass is 32.2. The van der Waals surface area contributed by atoms with E-state index in [1.807, 2.05) is 0 Å². The predicted octanol–water partition coefficient (Wildman–Crippen LogP) is 0.356. The summed E-state index contributed by atoms with van der Waals surface area (Å²) in [4.78, 5) is 23.6. The van der Waals surface area contributed by atoms with E-state index in [9.17, 15) is 18.0 Å². The Morgan fingerprint density at radius 2 is 1.84 bits per heavy atom. The molecular weight excluding hydrogens is 350 g/mol. The van der Waals surface area contributed by atoms with Crippen molar-refractivity contribution in [3.8, 4) is 0 Å². The van der Waals surface area contributed by atoms with Gasteiger partial charge in [0, 0.05) is 26.5 Å². The normalized spacial score (nSPS) is 15.7. The molecule has 3 rings (SSSR count). The first kappa shape index (κ1) is 16.8. The van der Waals surface area contributed by atoms with Crippen LogP contribution in [-0.4, -0.2) is 51.9 Å². The molecule has 1 aliphatic rings. The minimum Gasteiger partial charge on any atom is -0.424 e. The number of rotatable bonds is 2. The third-order valence-corrected chi connectivity index (χ3v) is 5.27. The number of nitrogens with zero attached hydrogens (tertiary/aromatic N) is 5. The summed E-state index contributed by atoms with van der Waals surface area (Å²) >= 11 is 0. The second kappa shape index (κ2) is 5.77. The van der Waals surface area contributed by atoms with Crippen molar-refractivity contribution in [2.24, 2.45) is 0 Å². The van der Waals surface area contributed by atoms with E-state index in [0.717, 1.165) is 4.31 Å². The number of hydrogen-bond donors (Lipinski definition) is 0. The van der Waals surface area contributed by atoms with E-state index in [2.05, 4.69) is 15.4 Å². The molecule has 0 amide bonds. The van der Waals surface area contributed by atoms with Crippen LogP contribution in [0.2, 0.25) is 0 Å². The van der Waals surface area contributed by atoms with Crippen LogP contribution < -0.4 is 0 Å². The molecule has 0 atom stereocenters. The Morgan fingerprint density at radius 1 is 1.16 bits per heavy atom. The molecule has 0 aliphatic carbocycles. The van der Waals surface area contributed by atoms with Crippen LogP contribution in [-0.2, 0) is 19.6 Å². The Labute approximate surface area is 142 Å². The molecule has 1 aromatic heterocycles. The highest BCUT2D eigenvalue weighted by Gasteiger charge is 2.38. The predicted molar refractivity (Wildman–Crippen MR) is 84.1 cm³/mol. The van der Waals surface area contributed by atoms with Gasteiger partial charge in [-0.1, -0.05) is 16.9 Å². The van der Waals surface area contributed by atoms with Crippen LogP contribution in [0, 0.1) is 0 Å². The summed E-state index contributed by atoms with van der Waals surface area (Å²) in [5.41, 5.74) is 0.117. The fraction of sp³-hybridized carbons (Fsp3) is 0.214. The molecule has 1 aliphatic heterocycles. The summed E-state index contributed by atoms with van der Waals surface area (Å²) < 4.78 is 31.7. The van der Waals surface area contributed by atoms with Gasteiger partial charge in [0.2, 0.25) is 5.82 Å². The van der Waals surface area contributed by atoms with E-state index in [1.165, 1.54) is 33.0 Å². The summed E-state index contributed by atoms with van der Waals surface area (Å²) in [5, 5.41) is 11.2. The van der Waals surface area contributed by atoms with Crippen LogP contribution in [0.4, 0.5) is 0 Å². The van der Waals surface area contributed by atoms with Gasteiger partial charge in [-0.05, 0) is 17.3 Å². The van der Waals surface area contributed by atoms with Gasteiger partial charge in [-0.15, -0.1) is 10.2 Å². The van der Waals surface area contributed by atoms with E-state index >= 15 is 0 Å². The van der Waals surface area contributed by atoms with Gasteiger partial charge < -0.3 is 4.74 Å². The first-order valence-corrected chi connectivity index (χ1v) is 8.50. The average Bonchev–Trinajstić information content (AvgIpc) is 3.02. The van der Waals surface area contributed by atoms with Crippen molar-refractivity contribution in [1.29, 1.82) is 0 Å². The number of hydrogen-bond acceptors (Lipinski definition) is 8. The molecule has 0 N–H and O–H groups in total. The smallest absolute Gasteiger partial charge is 0.308 e. The lowest BCUT2D eigenvalue weighted by Gasteiger charge is -2.29. The minimum atomic E-state index is -3.92. The van der Waals surface area contributed by atoms with Gasteiger partial charge in [0.15, 0.2) is 5.76 Å². The van der Waals surface area contributed by atoms with Crippen LogP contribution in [0.15, 0.2) is 29.2 Å². The molecule has 0 bridgehead atoms. The lowest BCUT2D eigenvalue weighted by atomic mass is 10.1. The number of fused-ring (bicyclic) bond motifs is 1. The van der Waals surface area contributed by atoms with Crippen LogP contribution >= 0.6 is 0 Å². The van der Waals surface area contributed by atoms with Crippen molar-refractivity contribution in [2.45, 2.75) is 18.7 Å². The monoisotopic (exact) mass is 363 g/mol. The average molecular weight is 363 g/mol. The molecule has 10 nitrogen and oxygen atoms in total. The molecule has 25 heavy (non-hydrogen) atoms. The first-order chi connectivity index (χ1) is 11.7. The maximum atomic E-state index is 12.8. The number of tetrazole rings is 1. The number of ether oxygens (including phenoxy) is 1. The van der Waals surface area contributed by atoms with E-state index in [-0.39, 0.29) is 27.7 Å². The summed E-state index contributed by atoms with van der Waals surface area (Å²) in [6.07, 6.45) is 0. The highest BCUT2D eigenvalue weighted by molar-refractivity contribution is 7.89. The van der Waals surface area contributed by atoms with Gasteiger partial charge in [-0.25, -0.2) is 8.42 Å². The van der Waals surface area contributed by atoms with Crippen molar-refractivity contribution in [2.75, 3.05) is 7.05 Å². The second-order valence-electron chi connectivity index (χ2n) is 5.16. The fourth-order valence-corrected chi connectivity index (χ4v) is 3.74. The van der Waals surface area contributed by atoms with Crippen molar-refractivity contribution in [3.05, 3.63) is 35.7 Å². The molecule has 0 fully saturated rings. The Kier molecular flexibility index (Phi) is 3.87. The topological polar surface area (TPSA) is 124 Å². The molecule has 2 aromatic rings.